The number of nitrogens with zero attached hydrogens (tertiary/aromatic N) is 1. The van der Waals surface area contributed by atoms with Gasteiger partial charge in [0.1, 0.15) is 12.7 Å². The lowest BCUT2D eigenvalue weighted by molar-refractivity contribution is 0.0399. The van der Waals surface area contributed by atoms with Crippen LogP contribution in [0.4, 0.5) is 5.82 Å². The van der Waals surface area contributed by atoms with Gasteiger partial charge in [-0.15, -0.1) is 0 Å². The molecule has 0 aliphatic carbocycles. The number of ether oxygens (including phenoxy) is 2. The normalized spacial score (nSPS) is 14.0. The quantitative estimate of drug-likeness (QED) is 0.784. The Morgan fingerprint density at radius 1 is 1.29 bits per heavy atom. The lowest BCUT2D eigenvalue weighted by Gasteiger charge is -2.39. The Kier molecular flexibility index (Phi) is 6.19. The van der Waals surface area contributed by atoms with Crippen molar-refractivity contribution in [3.05, 3.63) is 18.3 Å². The van der Waals surface area contributed by atoms with Gasteiger partial charge in [-0.1, -0.05) is 20.8 Å². The molecule has 0 aliphatic rings. The Morgan fingerprint density at radius 3 is 2.48 bits per heavy atom. The zero-order valence-electron chi connectivity index (χ0n) is 14.0. The highest BCUT2D eigenvalue weighted by atomic mass is 28.4. The molecule has 0 aliphatic heterocycles. The second-order valence-electron chi connectivity index (χ2n) is 6.65. The average Bonchev–Trinajstić information content (AvgIpc) is 2.36. The van der Waals surface area contributed by atoms with Crippen LogP contribution in [0.1, 0.15) is 20.8 Å². The Bertz CT molecular complexity index is 447. The molecule has 0 aromatic carbocycles. The fourth-order valence-electron chi connectivity index (χ4n) is 1.60. The molecule has 0 saturated heterocycles. The van der Waals surface area contributed by atoms with Gasteiger partial charge < -0.3 is 19.6 Å². The van der Waals surface area contributed by atoms with E-state index in [-0.39, 0.29) is 11.1 Å². The van der Waals surface area contributed by atoms with Gasteiger partial charge in [0.15, 0.2) is 19.9 Å². The van der Waals surface area contributed by atoms with Gasteiger partial charge in [-0.2, -0.15) is 0 Å². The van der Waals surface area contributed by atoms with E-state index in [0.717, 1.165) is 0 Å². The lowest BCUT2D eigenvalue weighted by atomic mass is 10.2. The number of aromatic nitrogens is 1. The Balaban J connectivity index is 2.68. The molecule has 0 unspecified atom stereocenters. The summed E-state index contributed by atoms with van der Waals surface area (Å²) in [5.74, 6) is 0.971. The zero-order valence-corrected chi connectivity index (χ0v) is 15.0. The number of anilines is 1. The number of nitrogen functional groups attached to an aromatic ring is 1. The van der Waals surface area contributed by atoms with Crippen molar-refractivity contribution in [3.8, 4) is 5.75 Å². The summed E-state index contributed by atoms with van der Waals surface area (Å²) in [5.41, 5.74) is 5.78. The van der Waals surface area contributed by atoms with E-state index in [1.165, 1.54) is 0 Å². The topological polar surface area (TPSA) is 66.6 Å². The van der Waals surface area contributed by atoms with Crippen molar-refractivity contribution in [2.24, 2.45) is 0 Å². The van der Waals surface area contributed by atoms with Crippen LogP contribution in [-0.4, -0.2) is 39.7 Å². The summed E-state index contributed by atoms with van der Waals surface area (Å²) in [6, 6.07) is 3.60. The summed E-state index contributed by atoms with van der Waals surface area (Å²) in [7, 11) is -0.197. The van der Waals surface area contributed by atoms with Crippen molar-refractivity contribution in [1.29, 1.82) is 0 Å². The van der Waals surface area contributed by atoms with E-state index in [0.29, 0.717) is 24.8 Å². The van der Waals surface area contributed by atoms with Gasteiger partial charge in [0.05, 0.1) is 6.61 Å². The van der Waals surface area contributed by atoms with Gasteiger partial charge in [-0.3, -0.25) is 0 Å². The van der Waals surface area contributed by atoms with E-state index in [1.807, 2.05) is 0 Å². The van der Waals surface area contributed by atoms with Gasteiger partial charge in [-0.05, 0) is 30.3 Å². The average molecular weight is 312 g/mol. The van der Waals surface area contributed by atoms with E-state index < -0.39 is 8.32 Å². The van der Waals surface area contributed by atoms with Crippen molar-refractivity contribution >= 4 is 14.1 Å². The molecule has 2 N–H and O–H groups in total. The largest absolute Gasteiger partial charge is 0.487 e. The number of pyridine rings is 1. The van der Waals surface area contributed by atoms with Crippen LogP contribution in [0.15, 0.2) is 18.3 Å². The number of hydrogen-bond acceptors (Lipinski definition) is 5. The second kappa shape index (κ2) is 7.24. The van der Waals surface area contributed by atoms with Crippen LogP contribution in [0.5, 0.6) is 5.75 Å². The Hall–Kier alpha value is -1.11. The first-order valence-electron chi connectivity index (χ1n) is 7.17. The fraction of sp³-hybridized carbons (Fsp3) is 0.667. The van der Waals surface area contributed by atoms with Crippen LogP contribution >= 0.6 is 0 Å². The molecule has 1 aromatic heterocycles. The first-order valence-corrected chi connectivity index (χ1v) is 10.1. The first-order chi connectivity index (χ1) is 9.67. The van der Waals surface area contributed by atoms with Crippen molar-refractivity contribution in [1.82, 2.24) is 4.98 Å². The summed E-state index contributed by atoms with van der Waals surface area (Å²) < 4.78 is 17.3. The highest BCUT2D eigenvalue weighted by Gasteiger charge is 2.39. The van der Waals surface area contributed by atoms with Crippen LogP contribution in [0.2, 0.25) is 18.1 Å². The zero-order chi connectivity index (χ0) is 16.1. The molecular formula is C15H28N2O3Si. The molecule has 0 bridgehead atoms. The van der Waals surface area contributed by atoms with Gasteiger partial charge >= 0.3 is 0 Å². The van der Waals surface area contributed by atoms with Crippen LogP contribution in [0, 0.1) is 0 Å². The molecule has 1 atom stereocenters. The van der Waals surface area contributed by atoms with Crippen LogP contribution < -0.4 is 10.5 Å². The van der Waals surface area contributed by atoms with Gasteiger partial charge in [0, 0.05) is 13.3 Å². The summed E-state index contributed by atoms with van der Waals surface area (Å²) in [6.07, 6.45) is 1.52. The SMILES string of the molecule is COC[C@@H](COc1cccnc1N)O[Si](C)(C)C(C)(C)C. The number of methoxy groups -OCH3 is 1. The van der Waals surface area contributed by atoms with E-state index in [1.54, 1.807) is 25.4 Å². The van der Waals surface area contributed by atoms with Crippen LogP contribution in [-0.2, 0) is 9.16 Å². The first kappa shape index (κ1) is 17.9. The third-order valence-corrected chi connectivity index (χ3v) is 8.38. The predicted molar refractivity (Wildman–Crippen MR) is 88.1 cm³/mol. The number of hydrogen-bond donors (Lipinski definition) is 1. The highest BCUT2D eigenvalue weighted by molar-refractivity contribution is 6.74. The second-order valence-corrected chi connectivity index (χ2v) is 11.4. The minimum Gasteiger partial charge on any atom is -0.487 e. The summed E-state index contributed by atoms with van der Waals surface area (Å²) in [6.45, 7) is 12.0. The van der Waals surface area contributed by atoms with Crippen molar-refractivity contribution in [2.45, 2.75) is 45.0 Å². The molecule has 1 heterocycles. The molecule has 0 amide bonds. The molecule has 21 heavy (non-hydrogen) atoms. The van der Waals surface area contributed by atoms with Gasteiger partial charge in [0.25, 0.3) is 0 Å². The molecule has 6 heteroatoms. The maximum atomic E-state index is 6.33. The fourth-order valence-corrected chi connectivity index (χ4v) is 2.93. The molecule has 5 nitrogen and oxygen atoms in total. The van der Waals surface area contributed by atoms with Crippen LogP contribution in [0.25, 0.3) is 0 Å². The third-order valence-electron chi connectivity index (χ3n) is 3.84. The predicted octanol–water partition coefficient (Wildman–Crippen LogP) is 3.08. The molecule has 0 saturated carbocycles. The molecule has 0 radical (unpaired) electrons. The van der Waals surface area contributed by atoms with Crippen molar-refractivity contribution in [3.63, 3.8) is 0 Å². The van der Waals surface area contributed by atoms with E-state index >= 15 is 0 Å². The molecule has 0 fully saturated rings. The van der Waals surface area contributed by atoms with E-state index in [9.17, 15) is 0 Å². The summed E-state index contributed by atoms with van der Waals surface area (Å²) >= 11 is 0. The Morgan fingerprint density at radius 2 is 1.95 bits per heavy atom. The molecule has 1 aromatic rings. The monoisotopic (exact) mass is 312 g/mol. The molecular weight excluding hydrogens is 284 g/mol. The van der Waals surface area contributed by atoms with E-state index in [4.69, 9.17) is 19.6 Å². The van der Waals surface area contributed by atoms with Gasteiger partial charge in [-0.25, -0.2) is 4.98 Å². The maximum Gasteiger partial charge on any atom is 0.192 e. The maximum absolute atomic E-state index is 6.33. The van der Waals surface area contributed by atoms with Crippen LogP contribution in [0.3, 0.4) is 0 Å². The molecule has 120 valence electrons. The van der Waals surface area contributed by atoms with Crippen molar-refractivity contribution < 1.29 is 13.9 Å². The Labute approximate surface area is 128 Å². The summed E-state index contributed by atoms with van der Waals surface area (Å²) in [4.78, 5) is 4.01. The minimum atomic E-state index is -1.86. The van der Waals surface area contributed by atoms with Crippen molar-refractivity contribution in [2.75, 3.05) is 26.1 Å². The summed E-state index contributed by atoms with van der Waals surface area (Å²) in [5, 5.41) is 0.145. The number of nitrogens with two attached hydrogens (primary N) is 1. The van der Waals surface area contributed by atoms with Gasteiger partial charge in [0.2, 0.25) is 0 Å². The molecule has 0 spiro atoms. The number of rotatable bonds is 7. The standard InChI is InChI=1S/C15H28N2O3Si/c1-15(2,3)21(5,6)20-12(10-18-4)11-19-13-8-7-9-17-14(13)16/h7-9,12H,10-11H2,1-6H3,(H2,16,17)/t12-/m0/s1. The minimum absolute atomic E-state index is 0.115. The van der Waals surface area contributed by atoms with E-state index in [2.05, 4.69) is 38.8 Å². The molecule has 1 rings (SSSR count). The third kappa shape index (κ3) is 5.30. The highest BCUT2D eigenvalue weighted by Crippen LogP contribution is 2.37. The lowest BCUT2D eigenvalue weighted by Crippen LogP contribution is -2.46. The smallest absolute Gasteiger partial charge is 0.192 e.